The number of hydrogen-bond donors (Lipinski definition) is 3. The second kappa shape index (κ2) is 15.0. The van der Waals surface area contributed by atoms with E-state index in [-0.39, 0.29) is 41.8 Å². The van der Waals surface area contributed by atoms with Crippen LogP contribution in [-0.2, 0) is 9.59 Å². The van der Waals surface area contributed by atoms with Gasteiger partial charge in [0.15, 0.2) is 0 Å². The number of nitrogens with zero attached hydrogens (tertiary/aromatic N) is 2. The first-order valence-corrected chi connectivity index (χ1v) is 17.1. The molecule has 0 aliphatic heterocycles. The van der Waals surface area contributed by atoms with Gasteiger partial charge >= 0.3 is 0 Å². The number of nitrogens with one attached hydrogen (secondary N) is 3. The van der Waals surface area contributed by atoms with Crippen molar-refractivity contribution < 1.29 is 27.6 Å². The van der Waals surface area contributed by atoms with Gasteiger partial charge in [0.05, 0.1) is 11.6 Å². The van der Waals surface area contributed by atoms with E-state index in [1.165, 1.54) is 12.1 Å². The van der Waals surface area contributed by atoms with Gasteiger partial charge in [-0.15, -0.1) is 0 Å². The van der Waals surface area contributed by atoms with Crippen LogP contribution in [0.15, 0.2) is 30.5 Å². The van der Waals surface area contributed by atoms with Crippen LogP contribution in [0.5, 0.6) is 0 Å². The average molecular weight is 644 g/mol. The first-order chi connectivity index (χ1) is 22.0. The summed E-state index contributed by atoms with van der Waals surface area (Å²) < 4.78 is 43.0. The predicted molar refractivity (Wildman–Crippen MR) is 170 cm³/mol. The summed E-state index contributed by atoms with van der Waals surface area (Å²) in [4.78, 5) is 40.6. The molecular weight excluding hydrogens is 595 g/mol. The van der Waals surface area contributed by atoms with Crippen LogP contribution in [0.1, 0.15) is 119 Å². The summed E-state index contributed by atoms with van der Waals surface area (Å²) in [7, 11) is 0. The number of carbonyl (C=O) groups is 3. The number of benzene rings is 1. The first kappa shape index (κ1) is 34.0. The zero-order valence-electron chi connectivity index (χ0n) is 27.1. The minimum absolute atomic E-state index is 0.0428. The van der Waals surface area contributed by atoms with E-state index in [4.69, 9.17) is 0 Å². The fraction of sp³-hybridized carbons (Fsp3) is 0.657. The lowest BCUT2D eigenvalue weighted by molar-refractivity contribution is -0.122. The van der Waals surface area contributed by atoms with E-state index < -0.39 is 48.0 Å². The van der Waals surface area contributed by atoms with Gasteiger partial charge in [0.2, 0.25) is 18.2 Å². The van der Waals surface area contributed by atoms with Gasteiger partial charge in [-0.05, 0) is 68.7 Å². The number of rotatable bonds is 12. The van der Waals surface area contributed by atoms with E-state index in [9.17, 15) is 23.2 Å². The first-order valence-electron chi connectivity index (χ1n) is 17.1. The molecule has 3 N–H and O–H groups in total. The number of carbonyl (C=O) groups excluding carboxylic acids is 3. The van der Waals surface area contributed by atoms with Gasteiger partial charge in [-0.3, -0.25) is 19.1 Å². The Hall–Kier alpha value is -3.37. The maximum absolute atomic E-state index is 15.5. The minimum Gasteiger partial charge on any atom is -0.352 e. The summed E-state index contributed by atoms with van der Waals surface area (Å²) in [5.41, 5.74) is 0.697. The topological polar surface area (TPSA) is 105 Å². The minimum atomic E-state index is -2.48. The van der Waals surface area contributed by atoms with Gasteiger partial charge in [-0.2, -0.15) is 5.10 Å². The Morgan fingerprint density at radius 1 is 0.891 bits per heavy atom. The molecule has 3 aliphatic carbocycles. The number of aromatic nitrogens is 2. The maximum Gasteiger partial charge on any atom is 0.270 e. The fourth-order valence-electron chi connectivity index (χ4n) is 7.66. The van der Waals surface area contributed by atoms with Crippen LogP contribution in [0, 0.1) is 29.5 Å². The lowest BCUT2D eigenvalue weighted by Crippen LogP contribution is -2.53. The molecular formula is C35H48F3N5O3. The number of amides is 3. The molecule has 8 nitrogen and oxygen atoms in total. The summed E-state index contributed by atoms with van der Waals surface area (Å²) in [6, 6.07) is 4.34. The Labute approximate surface area is 269 Å². The van der Waals surface area contributed by atoms with Gasteiger partial charge in [0, 0.05) is 24.2 Å². The Kier molecular flexibility index (Phi) is 11.1. The van der Waals surface area contributed by atoms with Crippen molar-refractivity contribution in [2.24, 2.45) is 23.7 Å². The third-order valence-electron chi connectivity index (χ3n) is 10.4. The molecule has 4 atom stereocenters. The van der Waals surface area contributed by atoms with Crippen LogP contribution in [0.2, 0.25) is 0 Å². The zero-order valence-corrected chi connectivity index (χ0v) is 27.1. The van der Waals surface area contributed by atoms with Crippen LogP contribution in [0.25, 0.3) is 0 Å². The molecule has 0 bridgehead atoms. The zero-order chi connectivity index (χ0) is 33.0. The van der Waals surface area contributed by atoms with Crippen molar-refractivity contribution in [2.75, 3.05) is 5.32 Å². The lowest BCUT2D eigenvalue weighted by Gasteiger charge is -2.42. The summed E-state index contributed by atoms with van der Waals surface area (Å²) in [6.07, 6.45) is 9.95. The Morgan fingerprint density at radius 3 is 2.07 bits per heavy atom. The van der Waals surface area contributed by atoms with Crippen molar-refractivity contribution in [3.63, 3.8) is 0 Å². The van der Waals surface area contributed by atoms with Gasteiger partial charge in [-0.25, -0.2) is 13.2 Å². The molecule has 252 valence electrons. The molecule has 3 amide bonds. The molecule has 4 unspecified atom stereocenters. The van der Waals surface area contributed by atoms with E-state index in [0.717, 1.165) is 64.2 Å². The average Bonchev–Trinajstić information content (AvgIpc) is 3.63. The number of hydrogen-bond acceptors (Lipinski definition) is 4. The molecule has 1 aromatic heterocycles. The molecule has 1 heterocycles. The third-order valence-corrected chi connectivity index (χ3v) is 10.4. The molecule has 3 fully saturated rings. The quantitative estimate of drug-likeness (QED) is 0.232. The lowest BCUT2D eigenvalue weighted by atomic mass is 9.66. The molecule has 46 heavy (non-hydrogen) atoms. The second-order valence-electron chi connectivity index (χ2n) is 13.9. The molecule has 0 saturated heterocycles. The van der Waals surface area contributed by atoms with Crippen LogP contribution in [0.3, 0.4) is 0 Å². The highest BCUT2D eigenvalue weighted by molar-refractivity contribution is 6.01. The Bertz CT molecular complexity index is 1350. The van der Waals surface area contributed by atoms with E-state index >= 15 is 4.39 Å². The van der Waals surface area contributed by atoms with E-state index in [2.05, 4.69) is 21.0 Å². The SMILES string of the molecule is CC(C(=O)NC1CC1C(F)F)c1ccc(NC(=O)C(NC(=O)c2ccnn2C(C)C)C(C2CCCCC2)C2CCCCC2)c(F)c1. The van der Waals surface area contributed by atoms with Gasteiger partial charge in [-0.1, -0.05) is 70.3 Å². The number of anilines is 1. The number of alkyl halides is 2. The van der Waals surface area contributed by atoms with E-state index in [1.54, 1.807) is 29.9 Å². The van der Waals surface area contributed by atoms with E-state index in [1.807, 2.05) is 13.8 Å². The van der Waals surface area contributed by atoms with Gasteiger partial charge in [0.25, 0.3) is 5.91 Å². The highest BCUT2D eigenvalue weighted by Gasteiger charge is 2.45. The molecule has 2 aromatic rings. The van der Waals surface area contributed by atoms with Crippen molar-refractivity contribution in [1.29, 1.82) is 0 Å². The molecule has 3 aliphatic rings. The Morgan fingerprint density at radius 2 is 1.52 bits per heavy atom. The van der Waals surface area contributed by atoms with Crippen molar-refractivity contribution in [3.8, 4) is 0 Å². The summed E-state index contributed by atoms with van der Waals surface area (Å²) >= 11 is 0. The number of halogens is 3. The maximum atomic E-state index is 15.5. The standard InChI is InChI=1S/C35H48F3N5O3/c1-20(2)43-29(16-17-39-43)34(45)42-31(30(22-10-6-4-7-11-22)23-12-8-5-9-13-23)35(46)40-27-15-14-24(18-26(27)36)21(3)33(44)41-28-19-25(28)32(37)38/h14-18,20-23,25,28,30-32H,4-13,19H2,1-3H3,(H,40,46)(H,41,44)(H,42,45). The summed E-state index contributed by atoms with van der Waals surface area (Å²) in [5.74, 6) is -3.17. The Balaban J connectivity index is 1.38. The predicted octanol–water partition coefficient (Wildman–Crippen LogP) is 6.99. The van der Waals surface area contributed by atoms with Crippen LogP contribution < -0.4 is 16.0 Å². The highest BCUT2D eigenvalue weighted by atomic mass is 19.3. The molecule has 0 spiro atoms. The normalized spacial score (nSPS) is 22.1. The van der Waals surface area contributed by atoms with Crippen molar-refractivity contribution in [2.45, 2.75) is 122 Å². The monoisotopic (exact) mass is 643 g/mol. The second-order valence-corrected chi connectivity index (χ2v) is 13.9. The van der Waals surface area contributed by atoms with Crippen molar-refractivity contribution in [1.82, 2.24) is 20.4 Å². The summed E-state index contributed by atoms with van der Waals surface area (Å²) in [5, 5.41) is 12.8. The molecule has 3 saturated carbocycles. The molecule has 5 rings (SSSR count). The largest absolute Gasteiger partial charge is 0.352 e. The van der Waals surface area contributed by atoms with Crippen molar-refractivity contribution >= 4 is 23.4 Å². The molecule has 11 heteroatoms. The summed E-state index contributed by atoms with van der Waals surface area (Å²) in [6.45, 7) is 5.46. The smallest absolute Gasteiger partial charge is 0.270 e. The van der Waals surface area contributed by atoms with Crippen LogP contribution in [-0.4, -0.2) is 46.0 Å². The molecule has 1 aromatic carbocycles. The van der Waals surface area contributed by atoms with Gasteiger partial charge < -0.3 is 16.0 Å². The van der Waals surface area contributed by atoms with Crippen LogP contribution in [0.4, 0.5) is 18.9 Å². The van der Waals surface area contributed by atoms with Crippen molar-refractivity contribution in [3.05, 3.63) is 47.5 Å². The van der Waals surface area contributed by atoms with E-state index in [0.29, 0.717) is 11.3 Å². The molecule has 0 radical (unpaired) electrons. The fourth-order valence-corrected chi connectivity index (χ4v) is 7.66. The van der Waals surface area contributed by atoms with Gasteiger partial charge in [0.1, 0.15) is 17.6 Å². The third kappa shape index (κ3) is 7.94. The van der Waals surface area contributed by atoms with Crippen LogP contribution >= 0.6 is 0 Å². The highest BCUT2D eigenvalue weighted by Crippen LogP contribution is 2.42.